The molecule has 118 valence electrons. The highest BCUT2D eigenvalue weighted by molar-refractivity contribution is 5.17. The van der Waals surface area contributed by atoms with Crippen molar-refractivity contribution in [3.05, 3.63) is 46.8 Å². The predicted molar refractivity (Wildman–Crippen MR) is 90.5 cm³/mol. The number of imidazole rings is 1. The summed E-state index contributed by atoms with van der Waals surface area (Å²) >= 11 is 0. The molecular formula is C17H30N4. The van der Waals surface area contributed by atoms with Crippen LogP contribution in [0.1, 0.15) is 43.7 Å². The van der Waals surface area contributed by atoms with Crippen LogP contribution in [0.15, 0.2) is 18.3 Å². The Hall–Kier alpha value is -1.68. The number of hydrogen-bond donors (Lipinski definition) is 1. The van der Waals surface area contributed by atoms with Crippen LogP contribution in [0.4, 0.5) is 0 Å². The number of fused-ring (bicyclic) bond motifs is 1. The van der Waals surface area contributed by atoms with Crippen LogP contribution in [0.5, 0.6) is 0 Å². The normalized spacial score (nSPS) is 13.4. The van der Waals surface area contributed by atoms with Crippen molar-refractivity contribution >= 4 is 0 Å². The van der Waals surface area contributed by atoms with Crippen LogP contribution < -0.4 is 0 Å². The highest BCUT2D eigenvalue weighted by Crippen LogP contribution is 2.14. The minimum atomic E-state index is 0. The SMILES string of the molecule is CC.Cc1ccc(C)nc1.Cc1nc2c([nH]1)CN(C)CC2.[HH]. The van der Waals surface area contributed by atoms with Crippen molar-refractivity contribution in [2.75, 3.05) is 13.6 Å². The molecule has 0 unspecified atom stereocenters. The largest absolute Gasteiger partial charge is 0.345 e. The molecule has 0 atom stereocenters. The van der Waals surface area contributed by atoms with Gasteiger partial charge in [0.05, 0.1) is 11.4 Å². The molecule has 0 aromatic carbocycles. The number of likely N-dealkylation sites (N-methyl/N-ethyl adjacent to an activating group) is 1. The number of nitrogens with one attached hydrogen (secondary N) is 1. The maximum atomic E-state index is 4.40. The summed E-state index contributed by atoms with van der Waals surface area (Å²) in [5.41, 5.74) is 4.86. The third kappa shape index (κ3) is 5.68. The monoisotopic (exact) mass is 290 g/mol. The van der Waals surface area contributed by atoms with Crippen LogP contribution in [-0.4, -0.2) is 33.4 Å². The number of aromatic nitrogens is 3. The van der Waals surface area contributed by atoms with E-state index in [2.05, 4.69) is 33.0 Å². The molecule has 0 amide bonds. The van der Waals surface area contributed by atoms with Gasteiger partial charge in [-0.15, -0.1) is 0 Å². The number of pyridine rings is 1. The van der Waals surface area contributed by atoms with E-state index in [9.17, 15) is 0 Å². The van der Waals surface area contributed by atoms with E-state index in [1.807, 2.05) is 46.9 Å². The lowest BCUT2D eigenvalue weighted by Gasteiger charge is -2.20. The Balaban J connectivity index is 0.000000360. The van der Waals surface area contributed by atoms with Gasteiger partial charge >= 0.3 is 0 Å². The molecular weight excluding hydrogens is 260 g/mol. The van der Waals surface area contributed by atoms with Crippen molar-refractivity contribution < 1.29 is 1.43 Å². The zero-order valence-electron chi connectivity index (χ0n) is 14.2. The van der Waals surface area contributed by atoms with Crippen LogP contribution in [0.3, 0.4) is 0 Å². The zero-order valence-corrected chi connectivity index (χ0v) is 14.2. The summed E-state index contributed by atoms with van der Waals surface area (Å²) in [4.78, 5) is 14.1. The number of nitrogens with zero attached hydrogens (tertiary/aromatic N) is 3. The van der Waals surface area contributed by atoms with E-state index < -0.39 is 0 Å². The summed E-state index contributed by atoms with van der Waals surface area (Å²) < 4.78 is 0. The fourth-order valence-electron chi connectivity index (χ4n) is 2.11. The Morgan fingerprint density at radius 3 is 2.48 bits per heavy atom. The maximum absolute atomic E-state index is 4.40. The van der Waals surface area contributed by atoms with E-state index in [1.165, 1.54) is 17.0 Å². The zero-order chi connectivity index (χ0) is 15.8. The molecule has 4 nitrogen and oxygen atoms in total. The lowest BCUT2D eigenvalue weighted by molar-refractivity contribution is 0.307. The van der Waals surface area contributed by atoms with Gasteiger partial charge in [-0.05, 0) is 39.4 Å². The molecule has 2 aromatic heterocycles. The van der Waals surface area contributed by atoms with Gasteiger partial charge in [-0.25, -0.2) is 4.98 Å². The molecule has 0 fully saturated rings. The van der Waals surface area contributed by atoms with Gasteiger partial charge in [0.25, 0.3) is 0 Å². The van der Waals surface area contributed by atoms with Crippen molar-refractivity contribution in [1.82, 2.24) is 19.9 Å². The first kappa shape index (κ1) is 17.4. The third-order valence-electron chi connectivity index (χ3n) is 3.20. The highest BCUT2D eigenvalue weighted by Gasteiger charge is 2.15. The Bertz CT molecular complexity index is 513. The molecule has 0 saturated heterocycles. The summed E-state index contributed by atoms with van der Waals surface area (Å²) in [7, 11) is 2.14. The molecule has 3 heterocycles. The molecule has 1 aliphatic heterocycles. The predicted octanol–water partition coefficient (Wildman–Crippen LogP) is 3.68. The van der Waals surface area contributed by atoms with E-state index in [0.29, 0.717) is 0 Å². The molecule has 0 aliphatic carbocycles. The Morgan fingerprint density at radius 1 is 1.19 bits per heavy atom. The fourth-order valence-corrected chi connectivity index (χ4v) is 2.11. The summed E-state index contributed by atoms with van der Waals surface area (Å²) in [5, 5.41) is 0. The molecule has 3 rings (SSSR count). The Kier molecular flexibility index (Phi) is 7.09. The molecule has 2 aromatic rings. The average molecular weight is 290 g/mol. The number of H-pyrrole nitrogens is 1. The van der Waals surface area contributed by atoms with Crippen LogP contribution in [0, 0.1) is 20.8 Å². The van der Waals surface area contributed by atoms with E-state index in [0.717, 1.165) is 31.0 Å². The van der Waals surface area contributed by atoms with E-state index in [4.69, 9.17) is 0 Å². The molecule has 4 heteroatoms. The van der Waals surface area contributed by atoms with Gasteiger partial charge in [0, 0.05) is 32.8 Å². The molecule has 0 saturated carbocycles. The highest BCUT2D eigenvalue weighted by atomic mass is 15.1. The van der Waals surface area contributed by atoms with Crippen LogP contribution in [0.25, 0.3) is 0 Å². The minimum Gasteiger partial charge on any atom is -0.345 e. The quantitative estimate of drug-likeness (QED) is 0.805. The molecule has 0 bridgehead atoms. The standard InChI is InChI=1S/C8H13N3.C7H9N.C2H6.H2/c1-6-9-7-3-4-11(2)5-8(7)10-6;1-6-3-4-7(2)8-5-6;1-2;/h3-5H2,1-2H3,(H,9,10);3-5H,1-2H3;1-2H3;1H. The topological polar surface area (TPSA) is 44.8 Å². The molecule has 0 radical (unpaired) electrons. The molecule has 1 aliphatic rings. The van der Waals surface area contributed by atoms with Gasteiger partial charge in [0.1, 0.15) is 5.82 Å². The van der Waals surface area contributed by atoms with Crippen molar-refractivity contribution in [2.24, 2.45) is 0 Å². The average Bonchev–Trinajstić information content (AvgIpc) is 2.84. The van der Waals surface area contributed by atoms with Crippen molar-refractivity contribution in [2.45, 2.75) is 47.6 Å². The summed E-state index contributed by atoms with van der Waals surface area (Å²) in [6, 6.07) is 4.07. The van der Waals surface area contributed by atoms with Crippen LogP contribution >= 0.6 is 0 Å². The molecule has 0 spiro atoms. The third-order valence-corrected chi connectivity index (χ3v) is 3.20. The van der Waals surface area contributed by atoms with Gasteiger partial charge < -0.3 is 9.88 Å². The second kappa shape index (κ2) is 8.57. The fraction of sp³-hybridized carbons (Fsp3) is 0.529. The number of aryl methyl sites for hydroxylation is 3. The van der Waals surface area contributed by atoms with Gasteiger partial charge in [-0.2, -0.15) is 0 Å². The molecule has 1 N–H and O–H groups in total. The van der Waals surface area contributed by atoms with E-state index in [1.54, 1.807) is 0 Å². The second-order valence-corrected chi connectivity index (χ2v) is 5.21. The number of hydrogen-bond acceptors (Lipinski definition) is 3. The van der Waals surface area contributed by atoms with E-state index in [-0.39, 0.29) is 1.43 Å². The van der Waals surface area contributed by atoms with Gasteiger partial charge in [0.2, 0.25) is 0 Å². The number of aromatic amines is 1. The lowest BCUT2D eigenvalue weighted by Crippen LogP contribution is -2.26. The maximum Gasteiger partial charge on any atom is 0.103 e. The van der Waals surface area contributed by atoms with Gasteiger partial charge in [-0.3, -0.25) is 4.98 Å². The second-order valence-electron chi connectivity index (χ2n) is 5.21. The van der Waals surface area contributed by atoms with Crippen molar-refractivity contribution in [1.29, 1.82) is 0 Å². The summed E-state index contributed by atoms with van der Waals surface area (Å²) in [5.74, 6) is 1.05. The first-order valence-corrected chi connectivity index (χ1v) is 7.67. The van der Waals surface area contributed by atoms with Gasteiger partial charge in [-0.1, -0.05) is 19.9 Å². The summed E-state index contributed by atoms with van der Waals surface area (Å²) in [6.45, 7) is 12.2. The minimum absolute atomic E-state index is 0. The van der Waals surface area contributed by atoms with E-state index >= 15 is 0 Å². The van der Waals surface area contributed by atoms with Crippen molar-refractivity contribution in [3.63, 3.8) is 0 Å². The van der Waals surface area contributed by atoms with Crippen LogP contribution in [0.2, 0.25) is 0 Å². The lowest BCUT2D eigenvalue weighted by atomic mass is 10.2. The molecule has 21 heavy (non-hydrogen) atoms. The smallest absolute Gasteiger partial charge is 0.103 e. The Morgan fingerprint density at radius 2 is 1.90 bits per heavy atom. The van der Waals surface area contributed by atoms with Gasteiger partial charge in [0.15, 0.2) is 0 Å². The Labute approximate surface area is 130 Å². The van der Waals surface area contributed by atoms with Crippen molar-refractivity contribution in [3.8, 4) is 0 Å². The first-order valence-electron chi connectivity index (χ1n) is 7.67. The summed E-state index contributed by atoms with van der Waals surface area (Å²) in [6.07, 6.45) is 2.96. The van der Waals surface area contributed by atoms with Crippen LogP contribution in [-0.2, 0) is 13.0 Å². The first-order chi connectivity index (χ1) is 10.0. The number of rotatable bonds is 0.